The summed E-state index contributed by atoms with van der Waals surface area (Å²) in [5.41, 5.74) is 1.28. The van der Waals surface area contributed by atoms with Crippen LogP contribution >= 0.6 is 12.0 Å². The molecular formula is C15H18O2S. The Morgan fingerprint density at radius 2 is 1.89 bits per heavy atom. The lowest BCUT2D eigenvalue weighted by atomic mass is 9.85. The van der Waals surface area contributed by atoms with E-state index in [1.165, 1.54) is 17.6 Å². The summed E-state index contributed by atoms with van der Waals surface area (Å²) in [5.74, 6) is 1.07. The summed E-state index contributed by atoms with van der Waals surface area (Å²) in [6.07, 6.45) is 4.94. The van der Waals surface area contributed by atoms with Gasteiger partial charge >= 0.3 is 0 Å². The number of rotatable bonds is 4. The first-order chi connectivity index (χ1) is 8.74. The van der Waals surface area contributed by atoms with Gasteiger partial charge in [-0.15, -0.1) is 0 Å². The third-order valence-corrected chi connectivity index (χ3v) is 4.58. The molecule has 2 aliphatic rings. The van der Waals surface area contributed by atoms with Gasteiger partial charge < -0.3 is 8.92 Å². The molecule has 2 nitrogen and oxygen atoms in total. The van der Waals surface area contributed by atoms with Gasteiger partial charge in [0.15, 0.2) is 0 Å². The van der Waals surface area contributed by atoms with E-state index in [1.807, 2.05) is 0 Å². The summed E-state index contributed by atoms with van der Waals surface area (Å²) in [7, 11) is 0. The molecule has 2 aliphatic heterocycles. The molecule has 18 heavy (non-hydrogen) atoms. The fourth-order valence-electron chi connectivity index (χ4n) is 2.60. The fraction of sp³-hybridized carbons (Fsp3) is 0.467. The largest absolute Gasteiger partial charge is 0.366 e. The average molecular weight is 262 g/mol. The minimum atomic E-state index is 0.267. The number of hydrogen-bond acceptors (Lipinski definition) is 3. The quantitative estimate of drug-likeness (QED) is 0.610. The van der Waals surface area contributed by atoms with Gasteiger partial charge in [-0.2, -0.15) is 0 Å². The summed E-state index contributed by atoms with van der Waals surface area (Å²) >= 11 is 1.47. The predicted molar refractivity (Wildman–Crippen MR) is 73.4 cm³/mol. The molecule has 2 bridgehead atoms. The van der Waals surface area contributed by atoms with E-state index < -0.39 is 0 Å². The Kier molecular flexibility index (Phi) is 3.46. The Morgan fingerprint density at radius 3 is 2.56 bits per heavy atom. The smallest absolute Gasteiger partial charge is 0.0819 e. The van der Waals surface area contributed by atoms with Crippen LogP contribution in [0.2, 0.25) is 0 Å². The molecule has 0 N–H and O–H groups in total. The maximum Gasteiger partial charge on any atom is 0.0819 e. The molecular weight excluding hydrogens is 244 g/mol. The van der Waals surface area contributed by atoms with Crippen molar-refractivity contribution < 1.29 is 8.92 Å². The number of benzene rings is 1. The summed E-state index contributed by atoms with van der Waals surface area (Å²) in [4.78, 5) is 1.16. The van der Waals surface area contributed by atoms with Crippen molar-refractivity contribution in [1.82, 2.24) is 0 Å². The van der Waals surface area contributed by atoms with Crippen molar-refractivity contribution in [3.05, 3.63) is 42.0 Å². The first-order valence-corrected chi connectivity index (χ1v) is 7.18. The second-order valence-corrected chi connectivity index (χ2v) is 6.03. The van der Waals surface area contributed by atoms with Crippen LogP contribution in [0.5, 0.6) is 0 Å². The molecule has 1 aromatic rings. The van der Waals surface area contributed by atoms with Gasteiger partial charge in [0.05, 0.1) is 18.8 Å². The SMILES string of the molecule is Cc1ccc(SOC[C@@H]2C3C=CC(O3)[C@@H]2C)cc1. The predicted octanol–water partition coefficient (Wildman–Crippen LogP) is 3.61. The van der Waals surface area contributed by atoms with Crippen LogP contribution in [0.1, 0.15) is 12.5 Å². The lowest BCUT2D eigenvalue weighted by molar-refractivity contribution is 0.0984. The highest BCUT2D eigenvalue weighted by Gasteiger charge is 2.43. The Labute approximate surface area is 113 Å². The van der Waals surface area contributed by atoms with Crippen LogP contribution in [0.4, 0.5) is 0 Å². The first-order valence-electron chi connectivity index (χ1n) is 6.44. The van der Waals surface area contributed by atoms with Gasteiger partial charge in [0.2, 0.25) is 0 Å². The minimum Gasteiger partial charge on any atom is -0.366 e. The van der Waals surface area contributed by atoms with Crippen LogP contribution in [0.25, 0.3) is 0 Å². The van der Waals surface area contributed by atoms with E-state index in [0.717, 1.165) is 11.5 Å². The molecule has 0 aliphatic carbocycles. The summed E-state index contributed by atoms with van der Waals surface area (Å²) in [6.45, 7) is 5.10. The average Bonchev–Trinajstić information content (AvgIpc) is 2.95. The van der Waals surface area contributed by atoms with E-state index in [1.54, 1.807) is 0 Å². The van der Waals surface area contributed by atoms with Gasteiger partial charge in [-0.05, 0) is 25.0 Å². The van der Waals surface area contributed by atoms with Crippen molar-refractivity contribution in [1.29, 1.82) is 0 Å². The van der Waals surface area contributed by atoms with Crippen LogP contribution in [0.15, 0.2) is 41.3 Å². The monoisotopic (exact) mass is 262 g/mol. The highest BCUT2D eigenvalue weighted by molar-refractivity contribution is 7.94. The molecule has 0 spiro atoms. The molecule has 0 amide bonds. The molecule has 0 saturated carbocycles. The van der Waals surface area contributed by atoms with Crippen LogP contribution in [-0.2, 0) is 8.92 Å². The van der Waals surface area contributed by atoms with Crippen LogP contribution in [-0.4, -0.2) is 18.8 Å². The third-order valence-electron chi connectivity index (χ3n) is 3.86. The Balaban J connectivity index is 1.50. The van der Waals surface area contributed by atoms with Gasteiger partial charge in [0.1, 0.15) is 0 Å². The molecule has 3 heteroatoms. The fourth-order valence-corrected chi connectivity index (χ4v) is 3.21. The highest BCUT2D eigenvalue weighted by Crippen LogP contribution is 2.39. The van der Waals surface area contributed by atoms with Crippen molar-refractivity contribution in [3.63, 3.8) is 0 Å². The Morgan fingerprint density at radius 1 is 1.17 bits per heavy atom. The molecule has 4 atom stereocenters. The summed E-state index contributed by atoms with van der Waals surface area (Å²) in [5, 5.41) is 0. The van der Waals surface area contributed by atoms with E-state index in [-0.39, 0.29) is 6.10 Å². The van der Waals surface area contributed by atoms with Crippen LogP contribution in [0, 0.1) is 18.8 Å². The van der Waals surface area contributed by atoms with Crippen molar-refractivity contribution in [2.24, 2.45) is 11.8 Å². The lowest BCUT2D eigenvalue weighted by Gasteiger charge is -2.20. The molecule has 1 saturated heterocycles. The van der Waals surface area contributed by atoms with E-state index in [4.69, 9.17) is 8.92 Å². The van der Waals surface area contributed by atoms with Crippen molar-refractivity contribution in [2.45, 2.75) is 31.0 Å². The van der Waals surface area contributed by atoms with Gasteiger partial charge in [-0.25, -0.2) is 0 Å². The van der Waals surface area contributed by atoms with Gasteiger partial charge in [-0.3, -0.25) is 0 Å². The second kappa shape index (κ2) is 5.08. The zero-order valence-electron chi connectivity index (χ0n) is 10.7. The van der Waals surface area contributed by atoms with Gasteiger partial charge in [0, 0.05) is 22.9 Å². The molecule has 2 unspecified atom stereocenters. The van der Waals surface area contributed by atoms with E-state index in [9.17, 15) is 0 Å². The first kappa shape index (κ1) is 12.3. The molecule has 1 aromatic carbocycles. The van der Waals surface area contributed by atoms with Crippen molar-refractivity contribution >= 4 is 12.0 Å². The van der Waals surface area contributed by atoms with E-state index >= 15 is 0 Å². The summed E-state index contributed by atoms with van der Waals surface area (Å²) < 4.78 is 11.6. The number of fused-ring (bicyclic) bond motifs is 2. The zero-order valence-corrected chi connectivity index (χ0v) is 11.5. The normalized spacial score (nSPS) is 33.2. The van der Waals surface area contributed by atoms with Gasteiger partial charge in [-0.1, -0.05) is 36.8 Å². The Bertz CT molecular complexity index is 440. The minimum absolute atomic E-state index is 0.267. The lowest BCUT2D eigenvalue weighted by Crippen LogP contribution is -2.25. The summed E-state index contributed by atoms with van der Waals surface area (Å²) in [6, 6.07) is 8.41. The second-order valence-electron chi connectivity index (χ2n) is 5.15. The third kappa shape index (κ3) is 2.35. The van der Waals surface area contributed by atoms with Crippen molar-refractivity contribution in [3.8, 4) is 0 Å². The van der Waals surface area contributed by atoms with Crippen LogP contribution in [0.3, 0.4) is 0 Å². The standard InChI is InChI=1S/C15H18O2S/c1-10-3-5-12(6-4-10)18-16-9-13-11(2)14-7-8-15(13)17-14/h3-8,11,13-15H,9H2,1-2H3/t11-,13+,14?,15?/m1/s1. The molecule has 0 aromatic heterocycles. The topological polar surface area (TPSA) is 18.5 Å². The zero-order chi connectivity index (χ0) is 12.5. The van der Waals surface area contributed by atoms with Gasteiger partial charge in [0.25, 0.3) is 0 Å². The molecule has 1 fully saturated rings. The van der Waals surface area contributed by atoms with Crippen LogP contribution < -0.4 is 0 Å². The van der Waals surface area contributed by atoms with Crippen molar-refractivity contribution in [2.75, 3.05) is 6.61 Å². The molecule has 0 radical (unpaired) electrons. The Hall–Kier alpha value is -0.770. The number of aryl methyl sites for hydroxylation is 1. The number of hydrogen-bond donors (Lipinski definition) is 0. The number of ether oxygens (including phenoxy) is 1. The maximum atomic E-state index is 5.82. The molecule has 2 heterocycles. The van der Waals surface area contributed by atoms with E-state index in [2.05, 4.69) is 50.3 Å². The maximum absolute atomic E-state index is 5.82. The molecule has 96 valence electrons. The van der Waals surface area contributed by atoms with E-state index in [0.29, 0.717) is 17.9 Å². The highest BCUT2D eigenvalue weighted by atomic mass is 32.2. The molecule has 3 rings (SSSR count).